The number of rotatable bonds is 6. The van der Waals surface area contributed by atoms with Crippen molar-refractivity contribution < 1.29 is 23.0 Å². The van der Waals surface area contributed by atoms with E-state index in [9.17, 15) is 13.2 Å². The molecule has 2 N–H and O–H groups in total. The lowest BCUT2D eigenvalue weighted by Crippen LogP contribution is -2.12. The lowest BCUT2D eigenvalue weighted by atomic mass is 10.2. The summed E-state index contributed by atoms with van der Waals surface area (Å²) in [5.41, 5.74) is -0.369. The topological polar surface area (TPSA) is 41.5 Å². The van der Waals surface area contributed by atoms with Gasteiger partial charge in [-0.25, -0.2) is 0 Å². The summed E-state index contributed by atoms with van der Waals surface area (Å²) >= 11 is 5.73. The molecular weight excluding hydrogens is 271 g/mol. The van der Waals surface area contributed by atoms with Crippen molar-refractivity contribution in [1.82, 2.24) is 0 Å². The van der Waals surface area contributed by atoms with Gasteiger partial charge in [0.2, 0.25) is 0 Å². The largest absolute Gasteiger partial charge is 0.416 e. The van der Waals surface area contributed by atoms with E-state index >= 15 is 0 Å². The molecular formula is C11H13ClF3NO2. The average Bonchev–Trinajstić information content (AvgIpc) is 2.29. The molecule has 0 aliphatic rings. The molecule has 1 aromatic carbocycles. The summed E-state index contributed by atoms with van der Waals surface area (Å²) in [4.78, 5) is 0. The molecule has 7 heteroatoms. The molecule has 0 radical (unpaired) electrons. The second kappa shape index (κ2) is 6.82. The Morgan fingerprint density at radius 1 is 1.28 bits per heavy atom. The maximum Gasteiger partial charge on any atom is 0.416 e. The zero-order chi connectivity index (χ0) is 13.6. The van der Waals surface area contributed by atoms with Crippen molar-refractivity contribution in [2.45, 2.75) is 6.18 Å². The summed E-state index contributed by atoms with van der Waals surface area (Å²) in [5.74, 6) is 0. The monoisotopic (exact) mass is 283 g/mol. The molecule has 0 aliphatic carbocycles. The highest BCUT2D eigenvalue weighted by atomic mass is 35.5. The van der Waals surface area contributed by atoms with Crippen LogP contribution in [0.3, 0.4) is 0 Å². The van der Waals surface area contributed by atoms with Crippen molar-refractivity contribution in [2.75, 3.05) is 31.7 Å². The molecule has 0 aliphatic heterocycles. The molecule has 18 heavy (non-hydrogen) atoms. The minimum absolute atomic E-state index is 0.00647. The van der Waals surface area contributed by atoms with Gasteiger partial charge in [0, 0.05) is 6.54 Å². The third kappa shape index (κ3) is 4.72. The van der Waals surface area contributed by atoms with E-state index in [1.807, 2.05) is 0 Å². The molecule has 0 saturated carbocycles. The van der Waals surface area contributed by atoms with Crippen LogP contribution in [0.2, 0.25) is 5.02 Å². The average molecular weight is 284 g/mol. The van der Waals surface area contributed by atoms with Crippen LogP contribution in [0.25, 0.3) is 0 Å². The van der Waals surface area contributed by atoms with Crippen molar-refractivity contribution in [3.05, 3.63) is 28.8 Å². The zero-order valence-corrected chi connectivity index (χ0v) is 10.2. The van der Waals surface area contributed by atoms with E-state index in [4.69, 9.17) is 21.4 Å². The number of nitrogens with one attached hydrogen (secondary N) is 1. The van der Waals surface area contributed by atoms with Crippen LogP contribution < -0.4 is 5.32 Å². The summed E-state index contributed by atoms with van der Waals surface area (Å²) in [6.07, 6.45) is -4.40. The smallest absolute Gasteiger partial charge is 0.394 e. The van der Waals surface area contributed by atoms with Gasteiger partial charge in [-0.3, -0.25) is 0 Å². The van der Waals surface area contributed by atoms with Crippen molar-refractivity contribution in [3.8, 4) is 0 Å². The second-order valence-corrected chi connectivity index (χ2v) is 3.86. The van der Waals surface area contributed by atoms with Gasteiger partial charge in [0.25, 0.3) is 0 Å². The first-order chi connectivity index (χ1) is 8.45. The normalized spacial score (nSPS) is 11.6. The molecule has 0 heterocycles. The molecule has 0 atom stereocenters. The van der Waals surface area contributed by atoms with Crippen LogP contribution in [-0.2, 0) is 10.9 Å². The van der Waals surface area contributed by atoms with Crippen LogP contribution in [0.4, 0.5) is 18.9 Å². The van der Waals surface area contributed by atoms with Crippen LogP contribution >= 0.6 is 11.6 Å². The Kier molecular flexibility index (Phi) is 5.71. The van der Waals surface area contributed by atoms with Crippen LogP contribution in [0.15, 0.2) is 18.2 Å². The van der Waals surface area contributed by atoms with E-state index in [-0.39, 0.29) is 18.2 Å². The van der Waals surface area contributed by atoms with E-state index in [1.165, 1.54) is 6.07 Å². The third-order valence-corrected chi connectivity index (χ3v) is 2.41. The molecule has 0 bridgehead atoms. The standard InChI is InChI=1S/C11H13ClF3NO2/c12-9-7-8(11(13,14)15)1-2-10(9)16-3-5-18-6-4-17/h1-2,7,16-17H,3-6H2. The fourth-order valence-electron chi connectivity index (χ4n) is 1.26. The Morgan fingerprint density at radius 3 is 2.56 bits per heavy atom. The Balaban J connectivity index is 2.53. The predicted molar refractivity (Wildman–Crippen MR) is 62.8 cm³/mol. The maximum absolute atomic E-state index is 12.4. The second-order valence-electron chi connectivity index (χ2n) is 3.46. The van der Waals surface area contributed by atoms with E-state index in [1.54, 1.807) is 0 Å². The number of benzene rings is 1. The zero-order valence-electron chi connectivity index (χ0n) is 9.43. The van der Waals surface area contributed by atoms with Crippen molar-refractivity contribution in [1.29, 1.82) is 0 Å². The number of aliphatic hydroxyl groups excluding tert-OH is 1. The number of aliphatic hydroxyl groups is 1. The van der Waals surface area contributed by atoms with Crippen molar-refractivity contribution >= 4 is 17.3 Å². The van der Waals surface area contributed by atoms with Gasteiger partial charge in [0.1, 0.15) is 0 Å². The number of alkyl halides is 3. The summed E-state index contributed by atoms with van der Waals surface area (Å²) in [6.45, 7) is 0.881. The molecule has 0 saturated heterocycles. The Bertz CT molecular complexity index is 385. The number of anilines is 1. The molecule has 0 unspecified atom stereocenters. The molecule has 3 nitrogen and oxygen atoms in total. The first kappa shape index (κ1) is 15.1. The van der Waals surface area contributed by atoms with Gasteiger partial charge in [0.15, 0.2) is 0 Å². The predicted octanol–water partition coefficient (Wildman–Crippen LogP) is 2.78. The molecule has 1 aromatic rings. The van der Waals surface area contributed by atoms with E-state index in [0.29, 0.717) is 18.8 Å². The SMILES string of the molecule is OCCOCCNc1ccc(C(F)(F)F)cc1Cl. The van der Waals surface area contributed by atoms with Crippen molar-refractivity contribution in [2.24, 2.45) is 0 Å². The van der Waals surface area contributed by atoms with Crippen LogP contribution in [0.5, 0.6) is 0 Å². The number of hydrogen-bond acceptors (Lipinski definition) is 3. The Hall–Kier alpha value is -0.980. The minimum Gasteiger partial charge on any atom is -0.394 e. The summed E-state index contributed by atoms with van der Waals surface area (Å²) in [5, 5.41) is 11.3. The quantitative estimate of drug-likeness (QED) is 0.789. The van der Waals surface area contributed by atoms with Gasteiger partial charge in [-0.2, -0.15) is 13.2 Å². The molecule has 0 amide bonds. The number of ether oxygens (including phenoxy) is 1. The van der Waals surface area contributed by atoms with Gasteiger partial charge in [-0.1, -0.05) is 11.6 Å². The highest BCUT2D eigenvalue weighted by Gasteiger charge is 2.30. The Labute approximate surface area is 108 Å². The van der Waals surface area contributed by atoms with E-state index in [2.05, 4.69) is 5.32 Å². The van der Waals surface area contributed by atoms with Gasteiger partial charge >= 0.3 is 6.18 Å². The summed E-state index contributed by atoms with van der Waals surface area (Å²) in [7, 11) is 0. The highest BCUT2D eigenvalue weighted by molar-refractivity contribution is 6.33. The van der Waals surface area contributed by atoms with Crippen LogP contribution in [0, 0.1) is 0 Å². The fraction of sp³-hybridized carbons (Fsp3) is 0.455. The summed E-state index contributed by atoms with van der Waals surface area (Å²) < 4.78 is 42.1. The van der Waals surface area contributed by atoms with Gasteiger partial charge in [0.05, 0.1) is 36.1 Å². The van der Waals surface area contributed by atoms with Gasteiger partial charge < -0.3 is 15.2 Å². The maximum atomic E-state index is 12.4. The lowest BCUT2D eigenvalue weighted by molar-refractivity contribution is -0.137. The van der Waals surface area contributed by atoms with E-state index < -0.39 is 11.7 Å². The van der Waals surface area contributed by atoms with Crippen molar-refractivity contribution in [3.63, 3.8) is 0 Å². The van der Waals surface area contributed by atoms with Crippen LogP contribution in [-0.4, -0.2) is 31.5 Å². The molecule has 0 fully saturated rings. The molecule has 102 valence electrons. The highest BCUT2D eigenvalue weighted by Crippen LogP contribution is 2.33. The summed E-state index contributed by atoms with van der Waals surface area (Å²) in [6, 6.07) is 3.11. The van der Waals surface area contributed by atoms with Crippen LogP contribution in [0.1, 0.15) is 5.56 Å². The Morgan fingerprint density at radius 2 is 2.00 bits per heavy atom. The van der Waals surface area contributed by atoms with E-state index in [0.717, 1.165) is 12.1 Å². The molecule has 1 rings (SSSR count). The minimum atomic E-state index is -4.40. The first-order valence-corrected chi connectivity index (χ1v) is 5.62. The third-order valence-electron chi connectivity index (χ3n) is 2.09. The number of halogens is 4. The fourth-order valence-corrected chi connectivity index (χ4v) is 1.51. The first-order valence-electron chi connectivity index (χ1n) is 5.24. The van der Waals surface area contributed by atoms with Gasteiger partial charge in [-0.05, 0) is 18.2 Å². The molecule has 0 spiro atoms. The number of hydrogen-bond donors (Lipinski definition) is 2. The lowest BCUT2D eigenvalue weighted by Gasteiger charge is -2.11. The molecule has 0 aromatic heterocycles. The van der Waals surface area contributed by atoms with Gasteiger partial charge in [-0.15, -0.1) is 0 Å².